The van der Waals surface area contributed by atoms with Crippen LogP contribution < -0.4 is 10.9 Å². The summed E-state index contributed by atoms with van der Waals surface area (Å²) in [6, 6.07) is 9.67. The predicted octanol–water partition coefficient (Wildman–Crippen LogP) is 2.39. The molecule has 0 aliphatic heterocycles. The van der Waals surface area contributed by atoms with E-state index in [1.165, 1.54) is 4.68 Å². The summed E-state index contributed by atoms with van der Waals surface area (Å²) < 4.78 is 6.32. The first-order valence-electron chi connectivity index (χ1n) is 6.74. The number of methoxy groups -OCH3 is 1. The van der Waals surface area contributed by atoms with Crippen LogP contribution in [0.5, 0.6) is 0 Å². The minimum atomic E-state index is -0.294. The van der Waals surface area contributed by atoms with Gasteiger partial charge in [-0.15, -0.1) is 0 Å². The molecule has 0 aliphatic carbocycles. The number of benzene rings is 1. The zero-order valence-corrected chi connectivity index (χ0v) is 12.6. The largest absolute Gasteiger partial charge is 0.385 e. The maximum atomic E-state index is 12.2. The number of halogens is 1. The van der Waals surface area contributed by atoms with Gasteiger partial charge in [0.1, 0.15) is 5.02 Å². The molecule has 1 aromatic carbocycles. The lowest BCUT2D eigenvalue weighted by Crippen LogP contribution is -2.25. The Morgan fingerprint density at radius 1 is 1.33 bits per heavy atom. The van der Waals surface area contributed by atoms with E-state index >= 15 is 0 Å². The summed E-state index contributed by atoms with van der Waals surface area (Å²) in [5, 5.41) is 7.42. The summed E-state index contributed by atoms with van der Waals surface area (Å²) in [5.41, 5.74) is 1.27. The second-order valence-corrected chi connectivity index (χ2v) is 4.97. The molecule has 0 saturated heterocycles. The van der Waals surface area contributed by atoms with Gasteiger partial charge in [-0.1, -0.05) is 41.9 Å². The van der Waals surface area contributed by atoms with Gasteiger partial charge in [0.2, 0.25) is 0 Å². The SMILES string of the molecule is COCCCNc1cnn(Cc2ccccc2)c(=O)c1Cl. The molecule has 1 aromatic heterocycles. The molecule has 6 heteroatoms. The van der Waals surface area contributed by atoms with Crippen LogP contribution in [0.15, 0.2) is 41.3 Å². The Bertz CT molecular complexity index is 629. The van der Waals surface area contributed by atoms with Gasteiger partial charge in [0.05, 0.1) is 18.4 Å². The number of nitrogens with zero attached hydrogens (tertiary/aromatic N) is 2. The van der Waals surface area contributed by atoms with Gasteiger partial charge in [-0.25, -0.2) is 4.68 Å². The van der Waals surface area contributed by atoms with Crippen LogP contribution in [0.3, 0.4) is 0 Å². The third-order valence-corrected chi connectivity index (χ3v) is 3.37. The fourth-order valence-corrected chi connectivity index (χ4v) is 2.11. The standard InChI is InChI=1S/C15H18ClN3O2/c1-21-9-5-8-17-13-10-18-19(15(20)14(13)16)11-12-6-3-2-4-7-12/h2-4,6-7,10,17H,5,8-9,11H2,1H3. The number of hydrogen-bond donors (Lipinski definition) is 1. The molecule has 0 saturated carbocycles. The molecule has 0 bridgehead atoms. The average molecular weight is 308 g/mol. The highest BCUT2D eigenvalue weighted by Gasteiger charge is 2.09. The maximum absolute atomic E-state index is 12.2. The van der Waals surface area contributed by atoms with Crippen LogP contribution in [0.25, 0.3) is 0 Å². The van der Waals surface area contributed by atoms with Crippen LogP contribution in [0.2, 0.25) is 5.02 Å². The number of ether oxygens (including phenoxy) is 1. The Morgan fingerprint density at radius 3 is 2.81 bits per heavy atom. The monoisotopic (exact) mass is 307 g/mol. The van der Waals surface area contributed by atoms with Crippen molar-refractivity contribution in [3.63, 3.8) is 0 Å². The van der Waals surface area contributed by atoms with Gasteiger partial charge >= 0.3 is 0 Å². The topological polar surface area (TPSA) is 56.1 Å². The van der Waals surface area contributed by atoms with Crippen molar-refractivity contribution in [2.24, 2.45) is 0 Å². The lowest BCUT2D eigenvalue weighted by Gasteiger charge is -2.10. The van der Waals surface area contributed by atoms with Crippen LogP contribution in [0.1, 0.15) is 12.0 Å². The van der Waals surface area contributed by atoms with Crippen molar-refractivity contribution in [2.45, 2.75) is 13.0 Å². The summed E-state index contributed by atoms with van der Waals surface area (Å²) >= 11 is 6.11. The molecule has 0 atom stereocenters. The first kappa shape index (κ1) is 15.5. The summed E-state index contributed by atoms with van der Waals surface area (Å²) in [5.74, 6) is 0. The molecule has 0 amide bonds. The molecule has 0 fully saturated rings. The second kappa shape index (κ2) is 7.81. The molecule has 21 heavy (non-hydrogen) atoms. The van der Waals surface area contributed by atoms with Crippen molar-refractivity contribution < 1.29 is 4.74 Å². The number of hydrogen-bond acceptors (Lipinski definition) is 4. The van der Waals surface area contributed by atoms with Crippen molar-refractivity contribution >= 4 is 17.3 Å². The third-order valence-electron chi connectivity index (χ3n) is 3.00. The molecular weight excluding hydrogens is 290 g/mol. The van der Waals surface area contributed by atoms with E-state index in [0.717, 1.165) is 12.0 Å². The highest BCUT2D eigenvalue weighted by atomic mass is 35.5. The smallest absolute Gasteiger partial charge is 0.287 e. The zero-order chi connectivity index (χ0) is 15.1. The Balaban J connectivity index is 2.08. The van der Waals surface area contributed by atoms with E-state index in [1.54, 1.807) is 13.3 Å². The predicted molar refractivity (Wildman–Crippen MR) is 84.0 cm³/mol. The molecule has 2 rings (SSSR count). The van der Waals surface area contributed by atoms with E-state index in [2.05, 4.69) is 10.4 Å². The van der Waals surface area contributed by atoms with E-state index in [1.807, 2.05) is 30.3 Å². The molecule has 0 radical (unpaired) electrons. The normalized spacial score (nSPS) is 10.6. The Hall–Kier alpha value is -1.85. The van der Waals surface area contributed by atoms with E-state index < -0.39 is 0 Å². The van der Waals surface area contributed by atoms with Crippen LogP contribution in [0, 0.1) is 0 Å². The number of anilines is 1. The third kappa shape index (κ3) is 4.31. The van der Waals surface area contributed by atoms with Crippen molar-refractivity contribution in [1.29, 1.82) is 0 Å². The zero-order valence-electron chi connectivity index (χ0n) is 11.9. The molecule has 0 unspecified atom stereocenters. The molecule has 5 nitrogen and oxygen atoms in total. The number of rotatable bonds is 7. The van der Waals surface area contributed by atoms with Crippen molar-refractivity contribution in [3.8, 4) is 0 Å². The Kier molecular flexibility index (Phi) is 5.78. The van der Waals surface area contributed by atoms with Gasteiger partial charge in [0.25, 0.3) is 5.56 Å². The van der Waals surface area contributed by atoms with Crippen molar-refractivity contribution in [3.05, 3.63) is 57.5 Å². The summed E-state index contributed by atoms with van der Waals surface area (Å²) in [6.07, 6.45) is 2.42. The van der Waals surface area contributed by atoms with E-state index in [4.69, 9.17) is 16.3 Å². The maximum Gasteiger partial charge on any atom is 0.287 e. The average Bonchev–Trinajstić information content (AvgIpc) is 2.51. The summed E-state index contributed by atoms with van der Waals surface area (Å²) in [7, 11) is 1.65. The van der Waals surface area contributed by atoms with Gasteiger partial charge in [0.15, 0.2) is 0 Å². The second-order valence-electron chi connectivity index (χ2n) is 4.59. The molecule has 0 spiro atoms. The lowest BCUT2D eigenvalue weighted by atomic mass is 10.2. The van der Waals surface area contributed by atoms with Crippen LogP contribution in [-0.2, 0) is 11.3 Å². The van der Waals surface area contributed by atoms with Gasteiger partial charge < -0.3 is 10.1 Å². The van der Waals surface area contributed by atoms with Gasteiger partial charge in [-0.3, -0.25) is 4.79 Å². The van der Waals surface area contributed by atoms with Gasteiger partial charge in [-0.05, 0) is 12.0 Å². The van der Waals surface area contributed by atoms with E-state index in [0.29, 0.717) is 25.4 Å². The summed E-state index contributed by atoms with van der Waals surface area (Å²) in [4.78, 5) is 12.2. The Morgan fingerprint density at radius 2 is 2.10 bits per heavy atom. The quantitative estimate of drug-likeness (QED) is 0.798. The van der Waals surface area contributed by atoms with E-state index in [-0.39, 0.29) is 10.6 Å². The number of nitrogens with one attached hydrogen (secondary N) is 1. The fourth-order valence-electron chi connectivity index (χ4n) is 1.90. The van der Waals surface area contributed by atoms with Gasteiger partial charge in [-0.2, -0.15) is 5.10 Å². The van der Waals surface area contributed by atoms with E-state index in [9.17, 15) is 4.79 Å². The minimum Gasteiger partial charge on any atom is -0.385 e. The van der Waals surface area contributed by atoms with Crippen LogP contribution in [-0.4, -0.2) is 30.0 Å². The highest BCUT2D eigenvalue weighted by molar-refractivity contribution is 6.32. The molecule has 1 N–H and O–H groups in total. The number of aromatic nitrogens is 2. The van der Waals surface area contributed by atoms with Crippen LogP contribution in [0.4, 0.5) is 5.69 Å². The first-order valence-corrected chi connectivity index (χ1v) is 7.12. The summed E-state index contributed by atoms with van der Waals surface area (Å²) in [6.45, 7) is 1.74. The molecular formula is C15H18ClN3O2. The molecule has 0 aliphatic rings. The fraction of sp³-hybridized carbons (Fsp3) is 0.333. The minimum absolute atomic E-state index is 0.165. The van der Waals surface area contributed by atoms with Gasteiger partial charge in [0, 0.05) is 20.3 Å². The molecule has 1 heterocycles. The van der Waals surface area contributed by atoms with Crippen molar-refractivity contribution in [2.75, 3.05) is 25.6 Å². The van der Waals surface area contributed by atoms with Crippen LogP contribution >= 0.6 is 11.6 Å². The Labute approximate surface area is 128 Å². The first-order chi connectivity index (χ1) is 10.2. The highest BCUT2D eigenvalue weighted by Crippen LogP contribution is 2.15. The molecule has 112 valence electrons. The van der Waals surface area contributed by atoms with Crippen molar-refractivity contribution in [1.82, 2.24) is 9.78 Å². The lowest BCUT2D eigenvalue weighted by molar-refractivity contribution is 0.198. The molecule has 2 aromatic rings.